The van der Waals surface area contributed by atoms with Crippen LogP contribution in [-0.2, 0) is 19.3 Å². The van der Waals surface area contributed by atoms with Gasteiger partial charge in [0, 0.05) is 45.3 Å². The summed E-state index contributed by atoms with van der Waals surface area (Å²) in [7, 11) is 2.09. The van der Waals surface area contributed by atoms with Crippen LogP contribution in [0.1, 0.15) is 16.7 Å². The predicted octanol–water partition coefficient (Wildman–Crippen LogP) is 3.97. The Labute approximate surface area is 167 Å². The van der Waals surface area contributed by atoms with E-state index in [1.54, 1.807) is 0 Å². The molecule has 0 unspecified atom stereocenters. The average molecular weight is 408 g/mol. The van der Waals surface area contributed by atoms with E-state index in [0.717, 1.165) is 56.0 Å². The Hall–Kier alpha value is -2.65. The molecular formula is C20H23F3N4O2. The molecule has 0 aromatic heterocycles. The number of nitrogens with zero attached hydrogens (tertiary/aromatic N) is 3. The maximum Gasteiger partial charge on any atom is 0.416 e. The first kappa shape index (κ1) is 21.1. The van der Waals surface area contributed by atoms with E-state index in [1.165, 1.54) is 0 Å². The van der Waals surface area contributed by atoms with Crippen LogP contribution in [0.4, 0.5) is 24.5 Å². The number of nitrogens with one attached hydrogen (secondary N) is 1. The molecule has 0 radical (unpaired) electrons. The molecule has 2 aromatic rings. The molecule has 0 bridgehead atoms. The molecule has 1 heterocycles. The molecule has 1 aliphatic heterocycles. The van der Waals surface area contributed by atoms with Crippen molar-refractivity contribution in [3.63, 3.8) is 0 Å². The number of halogens is 3. The van der Waals surface area contributed by atoms with Crippen molar-refractivity contribution in [2.24, 2.45) is 0 Å². The third-order valence-corrected chi connectivity index (χ3v) is 5.10. The fraction of sp³-hybridized carbons (Fsp3) is 0.400. The summed E-state index contributed by atoms with van der Waals surface area (Å²) >= 11 is 0. The SMILES string of the molecule is CN1CCN(Cc2ccccc2CNc2ccc(C(F)(F)F)cc2[N+](=O)[O-])CC1. The summed E-state index contributed by atoms with van der Waals surface area (Å²) in [6, 6.07) is 10.3. The molecule has 0 atom stereocenters. The molecule has 9 heteroatoms. The van der Waals surface area contributed by atoms with Crippen LogP contribution >= 0.6 is 0 Å². The van der Waals surface area contributed by atoms with Gasteiger partial charge in [-0.1, -0.05) is 24.3 Å². The van der Waals surface area contributed by atoms with Crippen LogP contribution in [0.2, 0.25) is 0 Å². The lowest BCUT2D eigenvalue weighted by molar-refractivity contribution is -0.384. The number of piperazine rings is 1. The molecule has 0 amide bonds. The molecule has 0 aliphatic carbocycles. The fourth-order valence-corrected chi connectivity index (χ4v) is 3.33. The lowest BCUT2D eigenvalue weighted by Crippen LogP contribution is -2.44. The van der Waals surface area contributed by atoms with Gasteiger partial charge in [0.05, 0.1) is 10.5 Å². The van der Waals surface area contributed by atoms with Crippen LogP contribution in [0.5, 0.6) is 0 Å². The summed E-state index contributed by atoms with van der Waals surface area (Å²) in [6.45, 7) is 4.97. The van der Waals surface area contributed by atoms with E-state index in [4.69, 9.17) is 0 Å². The molecule has 29 heavy (non-hydrogen) atoms. The minimum Gasteiger partial charge on any atom is -0.375 e. The highest BCUT2D eigenvalue weighted by atomic mass is 19.4. The van der Waals surface area contributed by atoms with Crippen molar-refractivity contribution in [1.29, 1.82) is 0 Å². The second kappa shape index (κ2) is 8.79. The first-order chi connectivity index (χ1) is 13.7. The molecule has 156 valence electrons. The lowest BCUT2D eigenvalue weighted by Gasteiger charge is -2.32. The molecule has 0 saturated carbocycles. The van der Waals surface area contributed by atoms with Gasteiger partial charge in [-0.15, -0.1) is 0 Å². The van der Waals surface area contributed by atoms with Crippen molar-refractivity contribution in [1.82, 2.24) is 9.80 Å². The number of rotatable bonds is 6. The summed E-state index contributed by atoms with van der Waals surface area (Å²) < 4.78 is 38.6. The number of anilines is 1. The smallest absolute Gasteiger partial charge is 0.375 e. The van der Waals surface area contributed by atoms with Gasteiger partial charge in [0.25, 0.3) is 5.69 Å². The van der Waals surface area contributed by atoms with Gasteiger partial charge < -0.3 is 10.2 Å². The molecule has 0 spiro atoms. The maximum absolute atomic E-state index is 12.9. The second-order valence-corrected chi connectivity index (χ2v) is 7.19. The Morgan fingerprint density at radius 3 is 2.34 bits per heavy atom. The van der Waals surface area contributed by atoms with Crippen molar-refractivity contribution >= 4 is 11.4 Å². The van der Waals surface area contributed by atoms with Gasteiger partial charge >= 0.3 is 6.18 Å². The molecule has 2 aromatic carbocycles. The quantitative estimate of drug-likeness (QED) is 0.579. The van der Waals surface area contributed by atoms with Crippen molar-refractivity contribution in [3.8, 4) is 0 Å². The molecular weight excluding hydrogens is 385 g/mol. The minimum atomic E-state index is -4.63. The molecule has 3 rings (SSSR count). The van der Waals surface area contributed by atoms with Crippen LogP contribution in [0.3, 0.4) is 0 Å². The van der Waals surface area contributed by atoms with E-state index >= 15 is 0 Å². The maximum atomic E-state index is 12.9. The largest absolute Gasteiger partial charge is 0.416 e. The van der Waals surface area contributed by atoms with Crippen molar-refractivity contribution in [3.05, 3.63) is 69.3 Å². The zero-order chi connectivity index (χ0) is 21.0. The third-order valence-electron chi connectivity index (χ3n) is 5.10. The highest BCUT2D eigenvalue weighted by Crippen LogP contribution is 2.35. The van der Waals surface area contributed by atoms with Gasteiger partial charge in [-0.2, -0.15) is 13.2 Å². The summed E-state index contributed by atoms with van der Waals surface area (Å²) in [5.74, 6) is 0. The Morgan fingerprint density at radius 2 is 1.72 bits per heavy atom. The summed E-state index contributed by atoms with van der Waals surface area (Å²) in [6.07, 6.45) is -4.63. The highest BCUT2D eigenvalue weighted by Gasteiger charge is 2.33. The number of nitro groups is 1. The van der Waals surface area contributed by atoms with Crippen LogP contribution in [-0.4, -0.2) is 47.9 Å². The number of hydrogen-bond acceptors (Lipinski definition) is 5. The van der Waals surface area contributed by atoms with Gasteiger partial charge in [-0.25, -0.2) is 0 Å². The van der Waals surface area contributed by atoms with E-state index in [-0.39, 0.29) is 12.2 Å². The molecule has 1 aliphatic rings. The monoisotopic (exact) mass is 408 g/mol. The van der Waals surface area contributed by atoms with Crippen molar-refractivity contribution in [2.45, 2.75) is 19.3 Å². The van der Waals surface area contributed by atoms with E-state index < -0.39 is 22.4 Å². The summed E-state index contributed by atoms with van der Waals surface area (Å²) in [5.41, 5.74) is 0.499. The van der Waals surface area contributed by atoms with Crippen molar-refractivity contribution in [2.75, 3.05) is 38.5 Å². The molecule has 1 saturated heterocycles. The fourth-order valence-electron chi connectivity index (χ4n) is 3.33. The van der Waals surface area contributed by atoms with E-state index in [9.17, 15) is 23.3 Å². The number of benzene rings is 2. The summed E-state index contributed by atoms with van der Waals surface area (Å²) in [5, 5.41) is 14.2. The van der Waals surface area contributed by atoms with Gasteiger partial charge in [-0.05, 0) is 30.3 Å². The Kier molecular flexibility index (Phi) is 6.39. The zero-order valence-electron chi connectivity index (χ0n) is 16.1. The van der Waals surface area contributed by atoms with Crippen LogP contribution in [0.15, 0.2) is 42.5 Å². The normalized spacial score (nSPS) is 16.0. The first-order valence-electron chi connectivity index (χ1n) is 9.31. The van der Waals surface area contributed by atoms with Gasteiger partial charge in [0.15, 0.2) is 0 Å². The number of nitro benzene ring substituents is 1. The predicted molar refractivity (Wildman–Crippen MR) is 105 cm³/mol. The topological polar surface area (TPSA) is 61.6 Å². The lowest BCUT2D eigenvalue weighted by atomic mass is 10.1. The second-order valence-electron chi connectivity index (χ2n) is 7.19. The number of alkyl halides is 3. The summed E-state index contributed by atoms with van der Waals surface area (Å²) in [4.78, 5) is 15.1. The minimum absolute atomic E-state index is 0.0670. The van der Waals surface area contributed by atoms with Crippen LogP contribution in [0.25, 0.3) is 0 Å². The van der Waals surface area contributed by atoms with Crippen LogP contribution < -0.4 is 5.32 Å². The molecule has 6 nitrogen and oxygen atoms in total. The zero-order valence-corrected chi connectivity index (χ0v) is 16.1. The number of likely N-dealkylation sites (N-methyl/N-ethyl adjacent to an activating group) is 1. The van der Waals surface area contributed by atoms with Crippen LogP contribution in [0, 0.1) is 10.1 Å². The van der Waals surface area contributed by atoms with E-state index in [1.807, 2.05) is 24.3 Å². The Bertz CT molecular complexity index is 865. The molecule has 1 fully saturated rings. The van der Waals surface area contributed by atoms with E-state index in [0.29, 0.717) is 6.07 Å². The van der Waals surface area contributed by atoms with Gasteiger partial charge in [-0.3, -0.25) is 15.0 Å². The Morgan fingerprint density at radius 1 is 1.07 bits per heavy atom. The van der Waals surface area contributed by atoms with E-state index in [2.05, 4.69) is 22.2 Å². The van der Waals surface area contributed by atoms with Gasteiger partial charge in [0.1, 0.15) is 5.69 Å². The standard InChI is InChI=1S/C20H23F3N4O2/c1-25-8-10-26(11-9-25)14-16-5-3-2-4-15(16)13-24-18-7-6-17(20(21,22)23)12-19(18)27(28)29/h2-7,12,24H,8-11,13-14H2,1H3. The van der Waals surface area contributed by atoms with Crippen molar-refractivity contribution < 1.29 is 18.1 Å². The average Bonchev–Trinajstić information content (AvgIpc) is 2.68. The van der Waals surface area contributed by atoms with Gasteiger partial charge in [0.2, 0.25) is 0 Å². The first-order valence-corrected chi connectivity index (χ1v) is 9.31. The number of hydrogen-bond donors (Lipinski definition) is 1. The third kappa shape index (κ3) is 5.45. The molecule has 1 N–H and O–H groups in total. The highest BCUT2D eigenvalue weighted by molar-refractivity contribution is 5.63. The Balaban J connectivity index is 1.74.